The van der Waals surface area contributed by atoms with Gasteiger partial charge in [-0.1, -0.05) is 44.5 Å². The predicted octanol–water partition coefficient (Wildman–Crippen LogP) is 3.62. The van der Waals surface area contributed by atoms with Gasteiger partial charge in [-0.15, -0.1) is 0 Å². The topological polar surface area (TPSA) is 64.4 Å². The maximum atomic E-state index is 13.0. The van der Waals surface area contributed by atoms with E-state index in [1.54, 1.807) is 7.11 Å². The Balaban J connectivity index is 1.73. The van der Waals surface area contributed by atoms with Crippen molar-refractivity contribution in [1.29, 1.82) is 0 Å². The molecule has 25 heavy (non-hydrogen) atoms. The van der Waals surface area contributed by atoms with Crippen molar-refractivity contribution < 1.29 is 14.1 Å². The number of carbonyl (C=O) groups excluding carboxylic acids is 1. The zero-order valence-corrected chi connectivity index (χ0v) is 15.4. The maximum absolute atomic E-state index is 13.0. The molecule has 1 aliphatic rings. The fourth-order valence-corrected chi connectivity index (χ4v) is 3.64. The molecule has 1 heterocycles. The van der Waals surface area contributed by atoms with Crippen molar-refractivity contribution in [3.8, 4) is 5.75 Å². The van der Waals surface area contributed by atoms with Crippen LogP contribution in [0, 0.1) is 5.41 Å². The Kier molecular flexibility index (Phi) is 4.58. The van der Waals surface area contributed by atoms with Gasteiger partial charge in [0.15, 0.2) is 5.76 Å². The standard InChI is InChI=1S/C20H26N2O3/c1-5-6-15-11-17(25-22-15)12-21-18(23)20(13-19(20,2)3)14-7-9-16(24-4)10-8-14/h7-11H,5-6,12-13H2,1-4H3,(H,21,23)/t20-/m1/s1. The van der Waals surface area contributed by atoms with Gasteiger partial charge in [-0.2, -0.15) is 0 Å². The number of methoxy groups -OCH3 is 1. The molecular weight excluding hydrogens is 316 g/mol. The van der Waals surface area contributed by atoms with E-state index in [9.17, 15) is 4.79 Å². The summed E-state index contributed by atoms with van der Waals surface area (Å²) >= 11 is 0. The molecule has 1 fully saturated rings. The van der Waals surface area contributed by atoms with Crippen LogP contribution in [0.2, 0.25) is 0 Å². The van der Waals surface area contributed by atoms with Crippen molar-refractivity contribution in [2.45, 2.75) is 52.0 Å². The lowest BCUT2D eigenvalue weighted by atomic mass is 9.87. The van der Waals surface area contributed by atoms with Crippen LogP contribution in [0.1, 0.15) is 50.6 Å². The van der Waals surface area contributed by atoms with Crippen molar-refractivity contribution in [2.24, 2.45) is 5.41 Å². The van der Waals surface area contributed by atoms with E-state index in [-0.39, 0.29) is 11.3 Å². The third kappa shape index (κ3) is 3.15. The van der Waals surface area contributed by atoms with Gasteiger partial charge in [0.1, 0.15) is 5.75 Å². The first-order chi connectivity index (χ1) is 11.9. The predicted molar refractivity (Wildman–Crippen MR) is 95.4 cm³/mol. The van der Waals surface area contributed by atoms with Gasteiger partial charge >= 0.3 is 0 Å². The lowest BCUT2D eigenvalue weighted by Gasteiger charge is -2.20. The summed E-state index contributed by atoms with van der Waals surface area (Å²) in [6, 6.07) is 9.71. The van der Waals surface area contributed by atoms with Gasteiger partial charge in [0.05, 0.1) is 24.8 Å². The number of aryl methyl sites for hydroxylation is 1. The van der Waals surface area contributed by atoms with Crippen molar-refractivity contribution in [3.63, 3.8) is 0 Å². The Morgan fingerprint density at radius 2 is 2.00 bits per heavy atom. The molecule has 1 aliphatic carbocycles. The molecule has 0 bridgehead atoms. The number of carbonyl (C=O) groups is 1. The van der Waals surface area contributed by atoms with E-state index in [4.69, 9.17) is 9.26 Å². The quantitative estimate of drug-likeness (QED) is 0.835. The van der Waals surface area contributed by atoms with Gasteiger partial charge in [-0.25, -0.2) is 0 Å². The van der Waals surface area contributed by atoms with Gasteiger partial charge in [0.2, 0.25) is 5.91 Å². The van der Waals surface area contributed by atoms with Crippen LogP contribution in [-0.2, 0) is 23.2 Å². The van der Waals surface area contributed by atoms with Crippen molar-refractivity contribution in [3.05, 3.63) is 47.3 Å². The molecule has 0 saturated heterocycles. The van der Waals surface area contributed by atoms with Crippen LogP contribution in [0.15, 0.2) is 34.9 Å². The normalized spacial score (nSPS) is 21.0. The number of benzene rings is 1. The molecular formula is C20H26N2O3. The Labute approximate surface area is 148 Å². The van der Waals surface area contributed by atoms with E-state index in [2.05, 4.69) is 31.2 Å². The minimum atomic E-state index is -0.495. The summed E-state index contributed by atoms with van der Waals surface area (Å²) in [5, 5.41) is 7.06. The first kappa shape index (κ1) is 17.5. The zero-order chi connectivity index (χ0) is 18.1. The Bertz CT molecular complexity index is 749. The molecule has 1 atom stereocenters. The van der Waals surface area contributed by atoms with Crippen LogP contribution in [0.25, 0.3) is 0 Å². The van der Waals surface area contributed by atoms with Crippen molar-refractivity contribution >= 4 is 5.91 Å². The largest absolute Gasteiger partial charge is 0.497 e. The van der Waals surface area contributed by atoms with E-state index in [1.165, 1.54) is 0 Å². The second kappa shape index (κ2) is 6.54. The second-order valence-corrected chi connectivity index (χ2v) is 7.41. The molecule has 1 saturated carbocycles. The third-order valence-electron chi connectivity index (χ3n) is 5.24. The van der Waals surface area contributed by atoms with Crippen LogP contribution >= 0.6 is 0 Å². The van der Waals surface area contributed by atoms with Crippen LogP contribution in [0.3, 0.4) is 0 Å². The van der Waals surface area contributed by atoms with E-state index >= 15 is 0 Å². The number of aromatic nitrogens is 1. The Morgan fingerprint density at radius 3 is 2.56 bits per heavy atom. The first-order valence-corrected chi connectivity index (χ1v) is 8.80. The van der Waals surface area contributed by atoms with Crippen LogP contribution in [0.5, 0.6) is 5.75 Å². The summed E-state index contributed by atoms with van der Waals surface area (Å²) in [7, 11) is 1.64. The molecule has 0 spiro atoms. The summed E-state index contributed by atoms with van der Waals surface area (Å²) in [6.07, 6.45) is 2.74. The highest BCUT2D eigenvalue weighted by Crippen LogP contribution is 2.64. The van der Waals surface area contributed by atoms with Crippen LogP contribution < -0.4 is 10.1 Å². The van der Waals surface area contributed by atoms with E-state index < -0.39 is 5.41 Å². The monoisotopic (exact) mass is 342 g/mol. The summed E-state index contributed by atoms with van der Waals surface area (Å²) in [4.78, 5) is 13.0. The molecule has 1 aromatic carbocycles. The molecule has 0 radical (unpaired) electrons. The van der Waals surface area contributed by atoms with Crippen molar-refractivity contribution in [2.75, 3.05) is 7.11 Å². The highest BCUT2D eigenvalue weighted by atomic mass is 16.5. The zero-order valence-electron chi connectivity index (χ0n) is 15.4. The molecule has 0 unspecified atom stereocenters. The molecule has 3 rings (SSSR count). The van der Waals surface area contributed by atoms with Crippen LogP contribution in [0.4, 0.5) is 0 Å². The molecule has 1 N–H and O–H groups in total. The molecule has 1 aromatic heterocycles. The minimum Gasteiger partial charge on any atom is -0.497 e. The van der Waals surface area contributed by atoms with Gasteiger partial charge in [-0.05, 0) is 36.0 Å². The minimum absolute atomic E-state index is 0.0381. The first-order valence-electron chi connectivity index (χ1n) is 8.80. The summed E-state index contributed by atoms with van der Waals surface area (Å²) in [5.74, 6) is 1.53. The smallest absolute Gasteiger partial charge is 0.231 e. The molecule has 2 aromatic rings. The summed E-state index contributed by atoms with van der Waals surface area (Å²) in [6.45, 7) is 6.72. The Morgan fingerprint density at radius 1 is 1.32 bits per heavy atom. The fourth-order valence-electron chi connectivity index (χ4n) is 3.64. The van der Waals surface area contributed by atoms with E-state index in [1.807, 2.05) is 30.3 Å². The maximum Gasteiger partial charge on any atom is 0.231 e. The van der Waals surface area contributed by atoms with Gasteiger partial charge in [0.25, 0.3) is 0 Å². The number of nitrogens with one attached hydrogen (secondary N) is 1. The molecule has 1 amide bonds. The van der Waals surface area contributed by atoms with Gasteiger partial charge in [0, 0.05) is 6.07 Å². The van der Waals surface area contributed by atoms with Gasteiger partial charge < -0.3 is 14.6 Å². The van der Waals surface area contributed by atoms with E-state index in [0.717, 1.165) is 36.3 Å². The average Bonchev–Trinajstić information content (AvgIpc) is 2.95. The molecule has 5 nitrogen and oxygen atoms in total. The third-order valence-corrected chi connectivity index (χ3v) is 5.24. The SMILES string of the molecule is CCCc1cc(CNC(=O)[C@]2(c3ccc(OC)cc3)CC2(C)C)on1. The van der Waals surface area contributed by atoms with Gasteiger partial charge in [-0.3, -0.25) is 4.79 Å². The number of ether oxygens (including phenoxy) is 1. The number of amides is 1. The lowest BCUT2D eigenvalue weighted by Crippen LogP contribution is -2.37. The van der Waals surface area contributed by atoms with E-state index in [0.29, 0.717) is 12.3 Å². The number of hydrogen-bond donors (Lipinski definition) is 1. The fraction of sp³-hybridized carbons (Fsp3) is 0.500. The number of rotatable bonds is 7. The molecule has 0 aliphatic heterocycles. The number of hydrogen-bond acceptors (Lipinski definition) is 4. The van der Waals surface area contributed by atoms with Crippen molar-refractivity contribution in [1.82, 2.24) is 10.5 Å². The molecule has 5 heteroatoms. The highest BCUT2D eigenvalue weighted by molar-refractivity contribution is 5.93. The van der Waals surface area contributed by atoms with Crippen LogP contribution in [-0.4, -0.2) is 18.2 Å². The Hall–Kier alpha value is -2.30. The second-order valence-electron chi connectivity index (χ2n) is 7.41. The highest BCUT2D eigenvalue weighted by Gasteiger charge is 2.66. The lowest BCUT2D eigenvalue weighted by molar-refractivity contribution is -0.124. The average molecular weight is 342 g/mol. The summed E-state index contributed by atoms with van der Waals surface area (Å²) < 4.78 is 10.5. The molecule has 134 valence electrons. The summed E-state index contributed by atoms with van der Waals surface area (Å²) in [5.41, 5.74) is 1.40. The number of nitrogens with zero attached hydrogens (tertiary/aromatic N) is 1.